The molecule has 7 nitrogen and oxygen atoms in total. The summed E-state index contributed by atoms with van der Waals surface area (Å²) in [7, 11) is 2.41. The number of rotatable bonds is 4. The minimum absolute atomic E-state index is 0.00607. The number of esters is 2. The molecule has 0 spiro atoms. The van der Waals surface area contributed by atoms with E-state index in [1.807, 2.05) is 0 Å². The number of carbonyl (C=O) groups excluding carboxylic acids is 2. The molecule has 0 saturated carbocycles. The van der Waals surface area contributed by atoms with E-state index in [0.717, 1.165) is 0 Å². The van der Waals surface area contributed by atoms with Gasteiger partial charge in [0.05, 0.1) is 31.8 Å². The topological polar surface area (TPSA) is 73.7 Å². The Labute approximate surface area is 154 Å². The van der Waals surface area contributed by atoms with Crippen molar-refractivity contribution in [2.45, 2.75) is 0 Å². The lowest BCUT2D eigenvalue weighted by Crippen LogP contribution is -2.27. The van der Waals surface area contributed by atoms with E-state index >= 15 is 0 Å². The quantitative estimate of drug-likeness (QED) is 0.771. The predicted octanol–water partition coefficient (Wildman–Crippen LogP) is 2.50. The molecule has 1 aliphatic rings. The molecule has 0 aliphatic carbocycles. The Bertz CT molecular complexity index is 961. The van der Waals surface area contributed by atoms with Gasteiger partial charge in [-0.05, 0) is 24.3 Å². The molecule has 138 valence electrons. The summed E-state index contributed by atoms with van der Waals surface area (Å²) in [6.45, 7) is 0. The van der Waals surface area contributed by atoms with Crippen molar-refractivity contribution in [3.05, 3.63) is 78.4 Å². The Morgan fingerprint density at radius 2 is 1.89 bits per heavy atom. The average Bonchev–Trinajstić information content (AvgIpc) is 3.12. The van der Waals surface area contributed by atoms with Gasteiger partial charge in [0.1, 0.15) is 11.5 Å². The van der Waals surface area contributed by atoms with Crippen LogP contribution in [0.5, 0.6) is 0 Å². The maximum atomic E-state index is 14.7. The molecule has 0 saturated heterocycles. The second-order valence-corrected chi connectivity index (χ2v) is 5.42. The van der Waals surface area contributed by atoms with Gasteiger partial charge in [0, 0.05) is 30.3 Å². The summed E-state index contributed by atoms with van der Waals surface area (Å²) in [4.78, 5) is 29.8. The van der Waals surface area contributed by atoms with Crippen LogP contribution >= 0.6 is 0 Å². The van der Waals surface area contributed by atoms with Gasteiger partial charge < -0.3 is 18.9 Å². The number of allylic oxidation sites excluding steroid dienone is 2. The Kier molecular flexibility index (Phi) is 5.16. The van der Waals surface area contributed by atoms with Crippen LogP contribution in [-0.2, 0) is 19.1 Å². The number of aromatic nitrogens is 2. The Hall–Kier alpha value is -3.68. The first kappa shape index (κ1) is 18.1. The zero-order chi connectivity index (χ0) is 19.4. The SMILES string of the molecule is COC(=O)C1=C(C(=O)OC)N(c2ccc(-n3ccnc3)c(F)c2)C=CC=C1. The third kappa shape index (κ3) is 3.50. The standard InChI is InChI=1S/C19H16FN3O4/c1-26-18(24)14-5-3-4-9-23(17(14)19(25)27-2)13-6-7-16(15(20)11-13)22-10-8-21-12-22/h3-12H,1-2H3. The first-order valence-electron chi connectivity index (χ1n) is 7.89. The van der Waals surface area contributed by atoms with Crippen LogP contribution in [0.1, 0.15) is 0 Å². The molecular weight excluding hydrogens is 353 g/mol. The van der Waals surface area contributed by atoms with Crippen LogP contribution in [-0.4, -0.2) is 35.7 Å². The monoisotopic (exact) mass is 369 g/mol. The summed E-state index contributed by atoms with van der Waals surface area (Å²) < 4.78 is 25.8. The summed E-state index contributed by atoms with van der Waals surface area (Å²) >= 11 is 0. The molecule has 8 heteroatoms. The Balaban J connectivity index is 2.12. The third-order valence-corrected chi connectivity index (χ3v) is 3.88. The van der Waals surface area contributed by atoms with Crippen molar-refractivity contribution in [1.82, 2.24) is 9.55 Å². The summed E-state index contributed by atoms with van der Waals surface area (Å²) in [5.41, 5.74) is 0.542. The molecule has 0 unspecified atom stereocenters. The van der Waals surface area contributed by atoms with Crippen LogP contribution in [0, 0.1) is 5.82 Å². The molecule has 0 fully saturated rings. The molecule has 1 aromatic carbocycles. The Morgan fingerprint density at radius 3 is 2.52 bits per heavy atom. The van der Waals surface area contributed by atoms with Gasteiger partial charge in [-0.3, -0.25) is 0 Å². The number of anilines is 1. The molecule has 3 rings (SSSR count). The van der Waals surface area contributed by atoms with E-state index in [0.29, 0.717) is 11.4 Å². The lowest BCUT2D eigenvalue weighted by Gasteiger charge is -2.23. The highest BCUT2D eigenvalue weighted by molar-refractivity contribution is 6.05. The van der Waals surface area contributed by atoms with Crippen molar-refractivity contribution in [1.29, 1.82) is 0 Å². The Morgan fingerprint density at radius 1 is 1.11 bits per heavy atom. The second kappa shape index (κ2) is 7.69. The highest BCUT2D eigenvalue weighted by atomic mass is 19.1. The summed E-state index contributed by atoms with van der Waals surface area (Å²) in [6.07, 6.45) is 10.8. The number of hydrogen-bond acceptors (Lipinski definition) is 6. The average molecular weight is 369 g/mol. The maximum absolute atomic E-state index is 14.7. The highest BCUT2D eigenvalue weighted by Gasteiger charge is 2.27. The van der Waals surface area contributed by atoms with E-state index in [9.17, 15) is 14.0 Å². The van der Waals surface area contributed by atoms with Crippen LogP contribution in [0.3, 0.4) is 0 Å². The predicted molar refractivity (Wildman–Crippen MR) is 95.3 cm³/mol. The number of nitrogens with zero attached hydrogens (tertiary/aromatic N) is 3. The van der Waals surface area contributed by atoms with E-state index in [2.05, 4.69) is 4.98 Å². The number of benzene rings is 1. The first-order chi connectivity index (χ1) is 13.1. The van der Waals surface area contributed by atoms with E-state index in [1.54, 1.807) is 30.5 Å². The van der Waals surface area contributed by atoms with Gasteiger partial charge in [-0.2, -0.15) is 0 Å². The molecular formula is C19H16FN3O4. The van der Waals surface area contributed by atoms with Crippen LogP contribution < -0.4 is 4.90 Å². The minimum Gasteiger partial charge on any atom is -0.465 e. The molecule has 1 aliphatic heterocycles. The lowest BCUT2D eigenvalue weighted by molar-refractivity contribution is -0.139. The van der Waals surface area contributed by atoms with E-state index in [1.165, 1.54) is 54.6 Å². The van der Waals surface area contributed by atoms with Gasteiger partial charge in [0.15, 0.2) is 0 Å². The van der Waals surface area contributed by atoms with Gasteiger partial charge in [0.2, 0.25) is 0 Å². The van der Waals surface area contributed by atoms with Crippen LogP contribution in [0.25, 0.3) is 5.69 Å². The molecule has 0 amide bonds. The zero-order valence-corrected chi connectivity index (χ0v) is 14.6. The molecule has 0 bridgehead atoms. The number of imidazole rings is 1. The second-order valence-electron chi connectivity index (χ2n) is 5.42. The van der Waals surface area contributed by atoms with Gasteiger partial charge in [-0.15, -0.1) is 0 Å². The zero-order valence-electron chi connectivity index (χ0n) is 14.6. The van der Waals surface area contributed by atoms with E-state index in [-0.39, 0.29) is 11.3 Å². The summed E-state index contributed by atoms with van der Waals surface area (Å²) in [5.74, 6) is -2.00. The number of ether oxygens (including phenoxy) is 2. The van der Waals surface area contributed by atoms with Crippen molar-refractivity contribution in [2.24, 2.45) is 0 Å². The van der Waals surface area contributed by atoms with Crippen molar-refractivity contribution < 1.29 is 23.5 Å². The minimum atomic E-state index is -0.759. The number of hydrogen-bond donors (Lipinski definition) is 0. The van der Waals surface area contributed by atoms with Crippen molar-refractivity contribution in [3.8, 4) is 5.69 Å². The maximum Gasteiger partial charge on any atom is 0.355 e. The lowest BCUT2D eigenvalue weighted by atomic mass is 10.1. The largest absolute Gasteiger partial charge is 0.465 e. The summed E-state index contributed by atoms with van der Waals surface area (Å²) in [5, 5.41) is 0. The molecule has 1 aromatic heterocycles. The smallest absolute Gasteiger partial charge is 0.355 e. The van der Waals surface area contributed by atoms with Crippen molar-refractivity contribution in [3.63, 3.8) is 0 Å². The molecule has 0 N–H and O–H groups in total. The van der Waals surface area contributed by atoms with E-state index in [4.69, 9.17) is 9.47 Å². The van der Waals surface area contributed by atoms with Crippen molar-refractivity contribution in [2.75, 3.05) is 19.1 Å². The molecule has 2 heterocycles. The van der Waals surface area contributed by atoms with Crippen LogP contribution in [0.15, 0.2) is 72.6 Å². The van der Waals surface area contributed by atoms with Crippen LogP contribution in [0.4, 0.5) is 10.1 Å². The molecule has 0 radical (unpaired) electrons. The van der Waals surface area contributed by atoms with Crippen molar-refractivity contribution >= 4 is 17.6 Å². The number of methoxy groups -OCH3 is 2. The van der Waals surface area contributed by atoms with Gasteiger partial charge >= 0.3 is 11.9 Å². The molecule has 0 atom stereocenters. The van der Waals surface area contributed by atoms with Crippen LogP contribution in [0.2, 0.25) is 0 Å². The fourth-order valence-corrected chi connectivity index (χ4v) is 2.62. The van der Waals surface area contributed by atoms with Gasteiger partial charge in [-0.25, -0.2) is 19.0 Å². The molecule has 2 aromatic rings. The summed E-state index contributed by atoms with van der Waals surface area (Å²) in [6, 6.07) is 4.42. The van der Waals surface area contributed by atoms with Gasteiger partial charge in [-0.1, -0.05) is 6.08 Å². The fraction of sp³-hybridized carbons (Fsp3) is 0.105. The van der Waals surface area contributed by atoms with Gasteiger partial charge in [0.25, 0.3) is 0 Å². The van der Waals surface area contributed by atoms with E-state index < -0.39 is 17.8 Å². The number of halogens is 1. The highest BCUT2D eigenvalue weighted by Crippen LogP contribution is 2.28. The fourth-order valence-electron chi connectivity index (χ4n) is 2.62. The molecule has 27 heavy (non-hydrogen) atoms. The normalized spacial score (nSPS) is 13.5. The first-order valence-corrected chi connectivity index (χ1v) is 7.89. The third-order valence-electron chi connectivity index (χ3n) is 3.88. The number of carbonyl (C=O) groups is 2.